The lowest BCUT2D eigenvalue weighted by Crippen LogP contribution is -2.23. The molecule has 1 aliphatic heterocycles. The van der Waals surface area contributed by atoms with Crippen LogP contribution in [0.3, 0.4) is 0 Å². The number of carbonyl (C=O) groups is 2. The Morgan fingerprint density at radius 1 is 1.47 bits per heavy atom. The summed E-state index contributed by atoms with van der Waals surface area (Å²) in [5, 5.41) is 12.5. The SMILES string of the molecule is CCCCOC(=O)c1sc2c(c1C(=O)O)CCNC2. The quantitative estimate of drug-likeness (QED) is 0.639. The second-order valence-corrected chi connectivity index (χ2v) is 5.53. The minimum absolute atomic E-state index is 0.142. The highest BCUT2D eigenvalue weighted by Crippen LogP contribution is 2.31. The first-order chi connectivity index (χ1) is 9.15. The molecular formula is C13H17NO4S. The van der Waals surface area contributed by atoms with Gasteiger partial charge in [0.25, 0.3) is 0 Å². The number of carboxylic acid groups (broad SMARTS) is 1. The zero-order valence-corrected chi connectivity index (χ0v) is 11.6. The van der Waals surface area contributed by atoms with Gasteiger partial charge in [0.2, 0.25) is 0 Å². The molecule has 2 rings (SSSR count). The number of esters is 1. The molecule has 2 heterocycles. The molecule has 0 unspecified atom stereocenters. The Hall–Kier alpha value is -1.40. The topological polar surface area (TPSA) is 75.6 Å². The molecule has 19 heavy (non-hydrogen) atoms. The van der Waals surface area contributed by atoms with Gasteiger partial charge in [-0.3, -0.25) is 0 Å². The predicted molar refractivity (Wildman–Crippen MR) is 71.9 cm³/mol. The van der Waals surface area contributed by atoms with E-state index in [1.165, 1.54) is 11.3 Å². The Kier molecular flexibility index (Phi) is 4.55. The van der Waals surface area contributed by atoms with Gasteiger partial charge in [0.1, 0.15) is 4.88 Å². The van der Waals surface area contributed by atoms with E-state index in [9.17, 15) is 14.7 Å². The van der Waals surface area contributed by atoms with Gasteiger partial charge in [-0.05, 0) is 24.9 Å². The number of nitrogens with one attached hydrogen (secondary N) is 1. The molecule has 6 heteroatoms. The summed E-state index contributed by atoms with van der Waals surface area (Å²) in [5.41, 5.74) is 0.932. The number of unbranched alkanes of at least 4 members (excludes halogenated alkanes) is 1. The summed E-state index contributed by atoms with van der Waals surface area (Å²) in [6.07, 6.45) is 2.38. The van der Waals surface area contributed by atoms with Gasteiger partial charge in [-0.1, -0.05) is 13.3 Å². The minimum atomic E-state index is -1.04. The van der Waals surface area contributed by atoms with Crippen molar-refractivity contribution in [3.05, 3.63) is 20.9 Å². The summed E-state index contributed by atoms with van der Waals surface area (Å²) < 4.78 is 5.12. The van der Waals surface area contributed by atoms with E-state index in [1.54, 1.807) is 0 Å². The smallest absolute Gasteiger partial charge is 0.349 e. The van der Waals surface area contributed by atoms with Crippen molar-refractivity contribution >= 4 is 23.3 Å². The molecule has 0 atom stereocenters. The number of thiophene rings is 1. The van der Waals surface area contributed by atoms with Crippen LogP contribution >= 0.6 is 11.3 Å². The van der Waals surface area contributed by atoms with Crippen LogP contribution in [0.4, 0.5) is 0 Å². The van der Waals surface area contributed by atoms with Gasteiger partial charge in [-0.25, -0.2) is 9.59 Å². The van der Waals surface area contributed by atoms with Gasteiger partial charge in [-0.2, -0.15) is 0 Å². The third-order valence-corrected chi connectivity index (χ3v) is 4.27. The highest BCUT2D eigenvalue weighted by molar-refractivity contribution is 7.14. The van der Waals surface area contributed by atoms with Crippen molar-refractivity contribution in [1.29, 1.82) is 0 Å². The summed E-state index contributed by atoms with van der Waals surface area (Å²) >= 11 is 1.24. The fraction of sp³-hybridized carbons (Fsp3) is 0.538. The third kappa shape index (κ3) is 2.96. The third-order valence-electron chi connectivity index (χ3n) is 3.06. The van der Waals surface area contributed by atoms with Gasteiger partial charge >= 0.3 is 11.9 Å². The van der Waals surface area contributed by atoms with Crippen LogP contribution in [0, 0.1) is 0 Å². The Morgan fingerprint density at radius 3 is 2.95 bits per heavy atom. The fourth-order valence-corrected chi connectivity index (χ4v) is 3.28. The Balaban J connectivity index is 2.26. The molecule has 0 fully saturated rings. The molecule has 5 nitrogen and oxygen atoms in total. The molecule has 0 aliphatic carbocycles. The molecule has 1 aromatic heterocycles. The van der Waals surface area contributed by atoms with Crippen molar-refractivity contribution in [2.45, 2.75) is 32.7 Å². The second kappa shape index (κ2) is 6.16. The second-order valence-electron chi connectivity index (χ2n) is 4.43. The van der Waals surface area contributed by atoms with Gasteiger partial charge < -0.3 is 15.2 Å². The van der Waals surface area contributed by atoms with Crippen LogP contribution in [0.1, 0.15) is 50.2 Å². The van der Waals surface area contributed by atoms with Crippen molar-refractivity contribution in [3.8, 4) is 0 Å². The maximum atomic E-state index is 12.0. The van der Waals surface area contributed by atoms with Crippen molar-refractivity contribution < 1.29 is 19.4 Å². The predicted octanol–water partition coefficient (Wildman–Crippen LogP) is 2.05. The standard InChI is InChI=1S/C13H17NO4S/c1-2-3-6-18-13(17)11-10(12(15)16)8-4-5-14-7-9(8)19-11/h14H,2-7H2,1H3,(H,15,16). The molecule has 0 radical (unpaired) electrons. The number of fused-ring (bicyclic) bond motifs is 1. The molecule has 0 aromatic carbocycles. The van der Waals surface area contributed by atoms with Crippen LogP contribution in [-0.4, -0.2) is 30.2 Å². The van der Waals surface area contributed by atoms with E-state index in [0.717, 1.165) is 29.8 Å². The van der Waals surface area contributed by atoms with Crippen LogP contribution in [0.5, 0.6) is 0 Å². The summed E-state index contributed by atoms with van der Waals surface area (Å²) in [7, 11) is 0. The zero-order chi connectivity index (χ0) is 13.8. The Labute approximate surface area is 115 Å². The maximum absolute atomic E-state index is 12.0. The van der Waals surface area contributed by atoms with Crippen molar-refractivity contribution in [1.82, 2.24) is 5.32 Å². The van der Waals surface area contributed by atoms with E-state index in [0.29, 0.717) is 19.6 Å². The highest BCUT2D eigenvalue weighted by atomic mass is 32.1. The molecule has 0 amide bonds. The van der Waals surface area contributed by atoms with E-state index in [-0.39, 0.29) is 10.4 Å². The molecule has 104 valence electrons. The maximum Gasteiger partial charge on any atom is 0.349 e. The zero-order valence-electron chi connectivity index (χ0n) is 10.8. The van der Waals surface area contributed by atoms with Crippen LogP contribution in [-0.2, 0) is 17.7 Å². The number of hydrogen-bond acceptors (Lipinski definition) is 5. The molecule has 1 aliphatic rings. The van der Waals surface area contributed by atoms with E-state index >= 15 is 0 Å². The van der Waals surface area contributed by atoms with Crippen LogP contribution in [0.25, 0.3) is 0 Å². The molecule has 0 saturated carbocycles. The van der Waals surface area contributed by atoms with Gasteiger partial charge in [0.05, 0.1) is 12.2 Å². The lowest BCUT2D eigenvalue weighted by Gasteiger charge is -2.12. The highest BCUT2D eigenvalue weighted by Gasteiger charge is 2.29. The number of carboxylic acids is 1. The largest absolute Gasteiger partial charge is 0.478 e. The molecule has 0 spiro atoms. The molecular weight excluding hydrogens is 266 g/mol. The summed E-state index contributed by atoms with van der Waals surface area (Å²) in [6.45, 7) is 3.72. The summed E-state index contributed by atoms with van der Waals surface area (Å²) in [4.78, 5) is 24.5. The normalized spacial score (nSPS) is 13.9. The number of rotatable bonds is 5. The average Bonchev–Trinajstić information content (AvgIpc) is 2.78. The first kappa shape index (κ1) is 14.0. The van der Waals surface area contributed by atoms with E-state index in [1.807, 2.05) is 6.92 Å². The fourth-order valence-electron chi connectivity index (χ4n) is 2.08. The van der Waals surface area contributed by atoms with Crippen molar-refractivity contribution in [2.75, 3.05) is 13.2 Å². The lowest BCUT2D eigenvalue weighted by atomic mass is 10.0. The number of carbonyl (C=O) groups excluding carboxylic acids is 1. The summed E-state index contributed by atoms with van der Waals surface area (Å²) in [5.74, 6) is -1.55. The van der Waals surface area contributed by atoms with Gasteiger partial charge in [-0.15, -0.1) is 11.3 Å². The van der Waals surface area contributed by atoms with Crippen molar-refractivity contribution in [3.63, 3.8) is 0 Å². The number of aromatic carboxylic acids is 1. The molecule has 2 N–H and O–H groups in total. The molecule has 0 bridgehead atoms. The first-order valence-corrected chi connectivity index (χ1v) is 7.22. The van der Waals surface area contributed by atoms with E-state index in [2.05, 4.69) is 5.32 Å². The van der Waals surface area contributed by atoms with E-state index < -0.39 is 11.9 Å². The van der Waals surface area contributed by atoms with Gasteiger partial charge in [0.15, 0.2) is 0 Å². The van der Waals surface area contributed by atoms with Crippen LogP contribution < -0.4 is 5.32 Å². The monoisotopic (exact) mass is 283 g/mol. The lowest BCUT2D eigenvalue weighted by molar-refractivity contribution is 0.0495. The average molecular weight is 283 g/mol. The van der Waals surface area contributed by atoms with Gasteiger partial charge in [0, 0.05) is 11.4 Å². The molecule has 1 aromatic rings. The van der Waals surface area contributed by atoms with Crippen LogP contribution in [0.15, 0.2) is 0 Å². The first-order valence-electron chi connectivity index (χ1n) is 6.40. The minimum Gasteiger partial charge on any atom is -0.478 e. The van der Waals surface area contributed by atoms with Crippen LogP contribution in [0.2, 0.25) is 0 Å². The summed E-state index contributed by atoms with van der Waals surface area (Å²) in [6, 6.07) is 0. The Morgan fingerprint density at radius 2 is 2.26 bits per heavy atom. The molecule has 0 saturated heterocycles. The van der Waals surface area contributed by atoms with Crippen molar-refractivity contribution in [2.24, 2.45) is 0 Å². The van der Waals surface area contributed by atoms with E-state index in [4.69, 9.17) is 4.74 Å². The number of hydrogen-bond donors (Lipinski definition) is 2. The number of ether oxygens (including phenoxy) is 1. The Bertz CT molecular complexity index is 495.